The fourth-order valence-electron chi connectivity index (χ4n) is 1.81. The molecule has 0 radical (unpaired) electrons. The summed E-state index contributed by atoms with van der Waals surface area (Å²) in [5.74, 6) is -0.999. The lowest BCUT2D eigenvalue weighted by molar-refractivity contribution is -0.104. The summed E-state index contributed by atoms with van der Waals surface area (Å²) in [6.45, 7) is 0. The van der Waals surface area contributed by atoms with Gasteiger partial charge in [-0.2, -0.15) is 0 Å². The Labute approximate surface area is 127 Å². The van der Waals surface area contributed by atoms with Crippen molar-refractivity contribution in [2.24, 2.45) is 0 Å². The molecule has 3 N–H and O–H groups in total. The van der Waals surface area contributed by atoms with E-state index in [4.69, 9.17) is 10.5 Å². The van der Waals surface area contributed by atoms with Crippen LogP contribution in [-0.4, -0.2) is 23.1 Å². The van der Waals surface area contributed by atoms with Gasteiger partial charge in [-0.05, 0) is 24.3 Å². The second-order valence-corrected chi connectivity index (χ2v) is 4.49. The largest absolute Gasteiger partial charge is 0.478 e. The average molecular weight is 294 g/mol. The van der Waals surface area contributed by atoms with Crippen LogP contribution >= 0.6 is 0 Å². The standard InChI is InChI=1S/C17H14N2O3/c18-16(12-4-2-1-3-5-12)14(11-20)10-19-15-8-6-13(7-9-15)17(21)22/h1-11,18-19H,(H,21,22)/b14-10-,18-16?. The zero-order valence-corrected chi connectivity index (χ0v) is 11.6. The Balaban J connectivity index is 2.14. The van der Waals surface area contributed by atoms with Crippen LogP contribution in [0.25, 0.3) is 0 Å². The van der Waals surface area contributed by atoms with Gasteiger partial charge in [0.1, 0.15) is 0 Å². The molecule has 110 valence electrons. The number of anilines is 1. The van der Waals surface area contributed by atoms with Gasteiger partial charge in [0.2, 0.25) is 0 Å². The van der Waals surface area contributed by atoms with Gasteiger partial charge in [-0.1, -0.05) is 30.3 Å². The van der Waals surface area contributed by atoms with Crippen LogP contribution in [-0.2, 0) is 4.79 Å². The SMILES string of the molecule is N=C(/C(C=O)=C\Nc1ccc(C(=O)O)cc1)c1ccccc1. The first-order valence-corrected chi connectivity index (χ1v) is 6.51. The van der Waals surface area contributed by atoms with Gasteiger partial charge in [-0.15, -0.1) is 0 Å². The van der Waals surface area contributed by atoms with Gasteiger partial charge in [0.05, 0.1) is 16.8 Å². The van der Waals surface area contributed by atoms with E-state index in [0.29, 0.717) is 17.5 Å². The van der Waals surface area contributed by atoms with E-state index < -0.39 is 5.97 Å². The van der Waals surface area contributed by atoms with E-state index in [-0.39, 0.29) is 16.8 Å². The number of carbonyl (C=O) groups excluding carboxylic acids is 1. The van der Waals surface area contributed by atoms with Crippen LogP contribution < -0.4 is 5.32 Å². The highest BCUT2D eigenvalue weighted by Crippen LogP contribution is 2.11. The molecule has 0 unspecified atom stereocenters. The van der Waals surface area contributed by atoms with Crippen LogP contribution in [0.1, 0.15) is 15.9 Å². The lowest BCUT2D eigenvalue weighted by Gasteiger charge is -2.06. The molecular weight excluding hydrogens is 280 g/mol. The Morgan fingerprint density at radius 3 is 2.18 bits per heavy atom. The lowest BCUT2D eigenvalue weighted by Crippen LogP contribution is -2.07. The van der Waals surface area contributed by atoms with E-state index >= 15 is 0 Å². The molecule has 0 heterocycles. The van der Waals surface area contributed by atoms with E-state index in [0.717, 1.165) is 0 Å². The average Bonchev–Trinajstić information content (AvgIpc) is 2.56. The molecule has 0 atom stereocenters. The Kier molecular flexibility index (Phi) is 4.82. The molecule has 0 fully saturated rings. The number of carboxylic acids is 1. The predicted molar refractivity (Wildman–Crippen MR) is 84.4 cm³/mol. The van der Waals surface area contributed by atoms with Gasteiger partial charge in [0, 0.05) is 17.5 Å². The number of allylic oxidation sites excluding steroid dienone is 1. The van der Waals surface area contributed by atoms with Crippen LogP contribution in [0.4, 0.5) is 5.69 Å². The monoisotopic (exact) mass is 294 g/mol. The first-order chi connectivity index (χ1) is 10.6. The minimum Gasteiger partial charge on any atom is -0.478 e. The van der Waals surface area contributed by atoms with E-state index in [2.05, 4.69) is 5.32 Å². The molecule has 0 aliphatic heterocycles. The van der Waals surface area contributed by atoms with Crippen molar-refractivity contribution in [1.29, 1.82) is 5.41 Å². The van der Waals surface area contributed by atoms with Gasteiger partial charge in [-0.25, -0.2) is 4.79 Å². The quantitative estimate of drug-likeness (QED) is 0.434. The zero-order valence-electron chi connectivity index (χ0n) is 11.6. The Morgan fingerprint density at radius 2 is 1.64 bits per heavy atom. The van der Waals surface area contributed by atoms with Crippen molar-refractivity contribution in [2.45, 2.75) is 0 Å². The molecule has 2 rings (SSSR count). The second-order valence-electron chi connectivity index (χ2n) is 4.49. The smallest absolute Gasteiger partial charge is 0.335 e. The predicted octanol–water partition coefficient (Wildman–Crippen LogP) is 2.95. The third-order valence-corrected chi connectivity index (χ3v) is 3.00. The molecule has 0 aliphatic carbocycles. The van der Waals surface area contributed by atoms with E-state index in [9.17, 15) is 9.59 Å². The highest BCUT2D eigenvalue weighted by molar-refractivity contribution is 6.21. The molecule has 2 aromatic carbocycles. The van der Waals surface area contributed by atoms with Crippen molar-refractivity contribution < 1.29 is 14.7 Å². The van der Waals surface area contributed by atoms with Crippen molar-refractivity contribution in [1.82, 2.24) is 0 Å². The Bertz CT molecular complexity index is 719. The second kappa shape index (κ2) is 6.99. The number of carbonyl (C=O) groups is 2. The third-order valence-electron chi connectivity index (χ3n) is 3.00. The van der Waals surface area contributed by atoms with E-state index in [1.165, 1.54) is 18.3 Å². The van der Waals surface area contributed by atoms with Gasteiger partial charge in [-0.3, -0.25) is 10.2 Å². The van der Waals surface area contributed by atoms with Crippen LogP contribution in [0.2, 0.25) is 0 Å². The molecule has 5 nitrogen and oxygen atoms in total. The van der Waals surface area contributed by atoms with Crippen molar-refractivity contribution in [3.05, 3.63) is 77.5 Å². The number of benzene rings is 2. The summed E-state index contributed by atoms with van der Waals surface area (Å²) >= 11 is 0. The number of aromatic carboxylic acids is 1. The van der Waals surface area contributed by atoms with Crippen molar-refractivity contribution in [2.75, 3.05) is 5.32 Å². The van der Waals surface area contributed by atoms with Crippen LogP contribution in [0, 0.1) is 5.41 Å². The molecule has 0 bridgehead atoms. The summed E-state index contributed by atoms with van der Waals surface area (Å²) in [6, 6.07) is 15.0. The van der Waals surface area contributed by atoms with Crippen molar-refractivity contribution in [3.63, 3.8) is 0 Å². The molecule has 0 aromatic heterocycles. The normalized spacial score (nSPS) is 10.8. The summed E-state index contributed by atoms with van der Waals surface area (Å²) in [5, 5.41) is 19.7. The van der Waals surface area contributed by atoms with Gasteiger partial charge in [0.15, 0.2) is 6.29 Å². The summed E-state index contributed by atoms with van der Waals surface area (Å²) in [4.78, 5) is 21.9. The fraction of sp³-hybridized carbons (Fsp3) is 0. The number of hydrogen-bond acceptors (Lipinski definition) is 4. The maximum Gasteiger partial charge on any atom is 0.335 e. The molecule has 2 aromatic rings. The lowest BCUT2D eigenvalue weighted by atomic mass is 10.0. The molecule has 0 spiro atoms. The minimum absolute atomic E-state index is 0.116. The van der Waals surface area contributed by atoms with E-state index in [1.807, 2.05) is 6.07 Å². The first kappa shape index (κ1) is 15.2. The zero-order chi connectivity index (χ0) is 15.9. The molecule has 0 amide bonds. The molecular formula is C17H14N2O3. The summed E-state index contributed by atoms with van der Waals surface area (Å²) in [6.07, 6.45) is 2.03. The molecule has 22 heavy (non-hydrogen) atoms. The van der Waals surface area contributed by atoms with Crippen LogP contribution in [0.3, 0.4) is 0 Å². The number of carboxylic acid groups (broad SMARTS) is 1. The first-order valence-electron chi connectivity index (χ1n) is 6.51. The van der Waals surface area contributed by atoms with Gasteiger partial charge in [0.25, 0.3) is 0 Å². The molecule has 0 saturated carbocycles. The molecule has 0 aliphatic rings. The highest BCUT2D eigenvalue weighted by Gasteiger charge is 2.07. The van der Waals surface area contributed by atoms with E-state index in [1.54, 1.807) is 36.4 Å². The van der Waals surface area contributed by atoms with Crippen molar-refractivity contribution >= 4 is 23.7 Å². The summed E-state index contributed by atoms with van der Waals surface area (Å²) < 4.78 is 0. The van der Waals surface area contributed by atoms with Gasteiger partial charge >= 0.3 is 5.97 Å². The Morgan fingerprint density at radius 1 is 1.00 bits per heavy atom. The van der Waals surface area contributed by atoms with Crippen molar-refractivity contribution in [3.8, 4) is 0 Å². The minimum atomic E-state index is -0.999. The number of nitrogens with one attached hydrogen (secondary N) is 2. The number of rotatable bonds is 6. The fourth-order valence-corrected chi connectivity index (χ4v) is 1.81. The highest BCUT2D eigenvalue weighted by atomic mass is 16.4. The summed E-state index contributed by atoms with van der Waals surface area (Å²) in [5.41, 5.74) is 1.77. The molecule has 5 heteroatoms. The van der Waals surface area contributed by atoms with Gasteiger partial charge < -0.3 is 10.4 Å². The third kappa shape index (κ3) is 3.67. The topological polar surface area (TPSA) is 90.3 Å². The maximum atomic E-state index is 11.2. The maximum absolute atomic E-state index is 11.2. The number of aldehydes is 1. The Hall–Kier alpha value is -3.21. The summed E-state index contributed by atoms with van der Waals surface area (Å²) in [7, 11) is 0. The number of hydrogen-bond donors (Lipinski definition) is 3. The van der Waals surface area contributed by atoms with Crippen LogP contribution in [0.5, 0.6) is 0 Å². The molecule has 0 saturated heterocycles. The van der Waals surface area contributed by atoms with Crippen LogP contribution in [0.15, 0.2) is 66.4 Å².